The predicted octanol–water partition coefficient (Wildman–Crippen LogP) is 2.53. The van der Waals surface area contributed by atoms with E-state index < -0.39 is 74.6 Å². The van der Waals surface area contributed by atoms with Gasteiger partial charge in [-0.15, -0.1) is 0 Å². The molecule has 2 unspecified atom stereocenters. The van der Waals surface area contributed by atoms with E-state index in [1.54, 1.807) is 24.3 Å². The number of nitrogens with zero attached hydrogens (tertiary/aromatic N) is 2. The van der Waals surface area contributed by atoms with E-state index in [2.05, 4.69) is 16.0 Å². The first-order chi connectivity index (χ1) is 22.6. The summed E-state index contributed by atoms with van der Waals surface area (Å²) < 4.78 is 28.0. The van der Waals surface area contributed by atoms with Gasteiger partial charge in [0.1, 0.15) is 12.1 Å². The number of likely N-dealkylation sites (tertiary alicyclic amines) is 1. The van der Waals surface area contributed by atoms with Crippen LogP contribution in [0.1, 0.15) is 86.6 Å². The lowest BCUT2D eigenvalue weighted by molar-refractivity contribution is -0.143. The number of rotatable bonds is 12. The first-order valence-electron chi connectivity index (χ1n) is 17.2. The Labute approximate surface area is 290 Å². The molecule has 3 aliphatic rings. The van der Waals surface area contributed by atoms with Crippen molar-refractivity contribution in [2.45, 2.75) is 117 Å². The first-order valence-corrected chi connectivity index (χ1v) is 18.6. The maximum atomic E-state index is 14.4. The monoisotopic (exact) mass is 702 g/mol. The molecule has 2 aliphatic heterocycles. The SMILES string of the molecule is CC(C)C1C[C@@H](C(=O)NC(CC2CC2)C(=O)C(N)=O)N(C(=O)[C@@H](NC(=O)N[C@H](CN2Cc3ccccc3S2(=O)=O)C(C)(C)C)C(C)(C)C)C1. The lowest BCUT2D eigenvalue weighted by Crippen LogP contribution is -2.61. The summed E-state index contributed by atoms with van der Waals surface area (Å²) in [7, 11) is -3.74. The Morgan fingerprint density at radius 3 is 2.10 bits per heavy atom. The van der Waals surface area contributed by atoms with E-state index >= 15 is 0 Å². The minimum atomic E-state index is -3.74. The second kappa shape index (κ2) is 14.4. The molecule has 272 valence electrons. The average molecular weight is 703 g/mol. The minimum Gasteiger partial charge on any atom is -0.363 e. The second-order valence-corrected chi connectivity index (χ2v) is 18.4. The lowest BCUT2D eigenvalue weighted by atomic mass is 9.85. The van der Waals surface area contributed by atoms with Crippen molar-refractivity contribution in [3.63, 3.8) is 0 Å². The number of urea groups is 1. The summed E-state index contributed by atoms with van der Waals surface area (Å²) in [5.74, 6) is -2.60. The van der Waals surface area contributed by atoms with Crippen LogP contribution < -0.4 is 21.7 Å². The summed E-state index contributed by atoms with van der Waals surface area (Å²) in [5, 5.41) is 8.53. The number of benzene rings is 1. The van der Waals surface area contributed by atoms with Crippen molar-refractivity contribution in [1.82, 2.24) is 25.2 Å². The van der Waals surface area contributed by atoms with E-state index in [-0.39, 0.29) is 42.3 Å². The van der Waals surface area contributed by atoms with Crippen molar-refractivity contribution in [3.05, 3.63) is 29.8 Å². The molecule has 1 saturated heterocycles. The van der Waals surface area contributed by atoms with Gasteiger partial charge in [-0.2, -0.15) is 4.31 Å². The number of carbonyl (C=O) groups is 5. The normalized spacial score (nSPS) is 22.6. The van der Waals surface area contributed by atoms with Gasteiger partial charge in [0.05, 0.1) is 10.9 Å². The van der Waals surface area contributed by atoms with E-state index in [0.717, 1.165) is 12.8 Å². The fourth-order valence-electron chi connectivity index (χ4n) is 6.55. The van der Waals surface area contributed by atoms with Crippen LogP contribution in [0.4, 0.5) is 4.79 Å². The molecular formula is C35H54N6O7S. The van der Waals surface area contributed by atoms with Gasteiger partial charge in [-0.25, -0.2) is 13.2 Å². The highest BCUT2D eigenvalue weighted by molar-refractivity contribution is 7.89. The largest absolute Gasteiger partial charge is 0.363 e. The number of hydrogen-bond acceptors (Lipinski definition) is 7. The molecule has 0 aromatic heterocycles. The molecule has 0 radical (unpaired) electrons. The van der Waals surface area contributed by atoms with Gasteiger partial charge < -0.3 is 26.6 Å². The summed E-state index contributed by atoms with van der Waals surface area (Å²) in [4.78, 5) is 67.9. The number of fused-ring (bicyclic) bond motifs is 1. The Hall–Kier alpha value is -3.52. The van der Waals surface area contributed by atoms with E-state index in [1.165, 1.54) is 9.21 Å². The van der Waals surface area contributed by atoms with Gasteiger partial charge in [0, 0.05) is 25.7 Å². The van der Waals surface area contributed by atoms with Crippen LogP contribution in [0.5, 0.6) is 0 Å². The highest BCUT2D eigenvalue weighted by Crippen LogP contribution is 2.36. The Bertz CT molecular complexity index is 1560. The van der Waals surface area contributed by atoms with Crippen LogP contribution in [0.15, 0.2) is 29.2 Å². The molecule has 1 aliphatic carbocycles. The number of amides is 5. The van der Waals surface area contributed by atoms with Crippen molar-refractivity contribution in [2.75, 3.05) is 13.1 Å². The number of hydrogen-bond donors (Lipinski definition) is 4. The molecule has 0 spiro atoms. The van der Waals surface area contributed by atoms with Crippen molar-refractivity contribution in [1.29, 1.82) is 0 Å². The topological polar surface area (TPSA) is 188 Å². The molecule has 13 nitrogen and oxygen atoms in total. The van der Waals surface area contributed by atoms with E-state index in [4.69, 9.17) is 5.73 Å². The zero-order valence-corrected chi connectivity index (χ0v) is 30.9. The molecule has 5 amide bonds. The van der Waals surface area contributed by atoms with Crippen molar-refractivity contribution in [2.24, 2.45) is 34.3 Å². The number of nitrogens with one attached hydrogen (secondary N) is 3. The fraction of sp³-hybridized carbons (Fsp3) is 0.686. The van der Waals surface area contributed by atoms with Crippen LogP contribution in [0, 0.1) is 28.6 Å². The van der Waals surface area contributed by atoms with Crippen LogP contribution in [0.2, 0.25) is 0 Å². The molecule has 0 bridgehead atoms. The van der Waals surface area contributed by atoms with Crippen LogP contribution in [0.25, 0.3) is 0 Å². The lowest BCUT2D eigenvalue weighted by Gasteiger charge is -2.37. The molecule has 1 aromatic carbocycles. The van der Waals surface area contributed by atoms with Crippen molar-refractivity contribution >= 4 is 39.6 Å². The number of Topliss-reactive ketones (excluding diaryl/α,β-unsaturated/α-hetero) is 1. The molecule has 2 heterocycles. The standard InChI is InChI=1S/C35H54N6O7S/c1-20(2)23-16-25(31(44)37-24(15-21-13-14-21)28(42)30(36)43)41(18-23)32(45)29(35(6,7)8)39-33(46)38-27(34(3,4)5)19-40-17-22-11-9-10-12-26(22)49(40,47)48/h9-12,20-21,23-25,27,29H,13-19H2,1-8H3,(H2,36,43)(H,37,44)(H2,38,39,46)/t23?,24?,25-,27+,29+/m0/s1. The highest BCUT2D eigenvalue weighted by atomic mass is 32.2. The minimum absolute atomic E-state index is 0.0142. The molecular weight excluding hydrogens is 648 g/mol. The van der Waals surface area contributed by atoms with Gasteiger partial charge in [0.15, 0.2) is 0 Å². The fourth-order valence-corrected chi connectivity index (χ4v) is 8.20. The van der Waals surface area contributed by atoms with Crippen LogP contribution >= 0.6 is 0 Å². The van der Waals surface area contributed by atoms with Gasteiger partial charge >= 0.3 is 6.03 Å². The molecule has 4 rings (SSSR count). The molecule has 5 N–H and O–H groups in total. The van der Waals surface area contributed by atoms with E-state index in [9.17, 15) is 32.4 Å². The van der Waals surface area contributed by atoms with Crippen LogP contribution in [0.3, 0.4) is 0 Å². The van der Waals surface area contributed by atoms with Crippen LogP contribution in [-0.4, -0.2) is 84.4 Å². The summed E-state index contributed by atoms with van der Waals surface area (Å²) >= 11 is 0. The summed E-state index contributed by atoms with van der Waals surface area (Å²) in [6.45, 7) is 15.7. The molecule has 14 heteroatoms. The highest BCUT2D eigenvalue weighted by Gasteiger charge is 2.47. The Balaban J connectivity index is 1.52. The van der Waals surface area contributed by atoms with Gasteiger partial charge in [0.2, 0.25) is 27.6 Å². The number of primary amides is 1. The van der Waals surface area contributed by atoms with Gasteiger partial charge in [-0.3, -0.25) is 19.2 Å². The first kappa shape index (κ1) is 38.3. The zero-order chi connectivity index (χ0) is 36.6. The van der Waals surface area contributed by atoms with Gasteiger partial charge in [0.25, 0.3) is 5.91 Å². The van der Waals surface area contributed by atoms with Crippen LogP contribution in [-0.2, 0) is 35.7 Å². The summed E-state index contributed by atoms with van der Waals surface area (Å²) in [6, 6.07) is 2.54. The van der Waals surface area contributed by atoms with Crippen molar-refractivity contribution in [3.8, 4) is 0 Å². The van der Waals surface area contributed by atoms with E-state index in [0.29, 0.717) is 18.4 Å². The van der Waals surface area contributed by atoms with E-state index in [1.807, 2.05) is 55.4 Å². The van der Waals surface area contributed by atoms with Gasteiger partial charge in [-0.05, 0) is 53.1 Å². The second-order valence-electron chi connectivity index (χ2n) is 16.5. The molecule has 49 heavy (non-hydrogen) atoms. The average Bonchev–Trinajstić information content (AvgIpc) is 3.62. The zero-order valence-electron chi connectivity index (χ0n) is 30.0. The summed E-state index contributed by atoms with van der Waals surface area (Å²) in [5.41, 5.74) is 4.66. The Morgan fingerprint density at radius 1 is 0.939 bits per heavy atom. The predicted molar refractivity (Wildman–Crippen MR) is 184 cm³/mol. The molecule has 2 fully saturated rings. The Morgan fingerprint density at radius 2 is 1.57 bits per heavy atom. The quantitative estimate of drug-likeness (QED) is 0.241. The number of ketones is 1. The summed E-state index contributed by atoms with van der Waals surface area (Å²) in [6.07, 6.45) is 2.48. The van der Waals surface area contributed by atoms with Crippen molar-refractivity contribution < 1.29 is 32.4 Å². The third kappa shape index (κ3) is 8.99. The maximum Gasteiger partial charge on any atom is 0.315 e. The molecule has 5 atom stereocenters. The maximum absolute atomic E-state index is 14.4. The van der Waals surface area contributed by atoms with Gasteiger partial charge in [-0.1, -0.05) is 86.4 Å². The smallest absolute Gasteiger partial charge is 0.315 e. The molecule has 1 saturated carbocycles. The number of carbonyl (C=O) groups excluding carboxylic acids is 5. The Kier molecular flexibility index (Phi) is 11.2. The number of sulfonamides is 1. The third-order valence-corrected chi connectivity index (χ3v) is 12.0. The third-order valence-electron chi connectivity index (χ3n) is 10.1. The molecule has 1 aromatic rings. The number of nitrogens with two attached hydrogens (primary N) is 1.